The summed E-state index contributed by atoms with van der Waals surface area (Å²) in [6, 6.07) is 0. The standard InChI is InChI=1S/C12H21NOS/c1-3-5-6-10(4-2)7-11(14)12-8-13-9-15-12/h8-11,14H,3-7H2,1-2H3. The fraction of sp³-hybridized carbons (Fsp3) is 0.750. The lowest BCUT2D eigenvalue weighted by Gasteiger charge is -2.17. The number of hydrogen-bond donors (Lipinski definition) is 1. The molecule has 1 N–H and O–H groups in total. The van der Waals surface area contributed by atoms with Gasteiger partial charge in [-0.1, -0.05) is 39.5 Å². The molecule has 0 fully saturated rings. The predicted molar refractivity (Wildman–Crippen MR) is 65.0 cm³/mol. The average Bonchev–Trinajstić information content (AvgIpc) is 2.77. The van der Waals surface area contributed by atoms with E-state index in [1.807, 2.05) is 0 Å². The number of aliphatic hydroxyl groups is 1. The van der Waals surface area contributed by atoms with Crippen LogP contribution in [0.4, 0.5) is 0 Å². The monoisotopic (exact) mass is 227 g/mol. The molecule has 1 aromatic rings. The number of thiazole rings is 1. The molecule has 1 rings (SSSR count). The van der Waals surface area contributed by atoms with Gasteiger partial charge in [0.1, 0.15) is 0 Å². The van der Waals surface area contributed by atoms with Crippen LogP contribution in [0.3, 0.4) is 0 Å². The van der Waals surface area contributed by atoms with Crippen LogP contribution in [0, 0.1) is 5.92 Å². The zero-order chi connectivity index (χ0) is 11.1. The number of unbranched alkanes of at least 4 members (excludes halogenated alkanes) is 1. The van der Waals surface area contributed by atoms with Gasteiger partial charge >= 0.3 is 0 Å². The summed E-state index contributed by atoms with van der Waals surface area (Å²) in [4.78, 5) is 5.00. The first-order valence-electron chi connectivity index (χ1n) is 5.84. The lowest BCUT2D eigenvalue weighted by molar-refractivity contribution is 0.142. The second-order valence-electron chi connectivity index (χ2n) is 4.07. The number of rotatable bonds is 7. The Morgan fingerprint density at radius 3 is 2.80 bits per heavy atom. The lowest BCUT2D eigenvalue weighted by Crippen LogP contribution is -2.05. The molecule has 2 atom stereocenters. The van der Waals surface area contributed by atoms with Crippen molar-refractivity contribution in [3.05, 3.63) is 16.6 Å². The first-order valence-corrected chi connectivity index (χ1v) is 6.72. The normalized spacial score (nSPS) is 15.1. The molecule has 0 aliphatic carbocycles. The molecule has 0 aromatic carbocycles. The first-order chi connectivity index (χ1) is 7.27. The van der Waals surface area contributed by atoms with E-state index in [0.29, 0.717) is 5.92 Å². The third kappa shape index (κ3) is 4.31. The smallest absolute Gasteiger partial charge is 0.0900 e. The van der Waals surface area contributed by atoms with Gasteiger partial charge in [0.25, 0.3) is 0 Å². The molecule has 0 aliphatic rings. The van der Waals surface area contributed by atoms with E-state index < -0.39 is 0 Å². The summed E-state index contributed by atoms with van der Waals surface area (Å²) in [6.07, 6.45) is 7.28. The summed E-state index contributed by atoms with van der Waals surface area (Å²) in [6.45, 7) is 4.42. The van der Waals surface area contributed by atoms with Crippen molar-refractivity contribution in [3.63, 3.8) is 0 Å². The van der Waals surface area contributed by atoms with E-state index in [1.54, 1.807) is 23.0 Å². The maximum absolute atomic E-state index is 9.98. The van der Waals surface area contributed by atoms with Crippen LogP contribution in [0.2, 0.25) is 0 Å². The minimum absolute atomic E-state index is 0.306. The number of hydrogen-bond acceptors (Lipinski definition) is 3. The van der Waals surface area contributed by atoms with Crippen molar-refractivity contribution in [1.29, 1.82) is 0 Å². The zero-order valence-corrected chi connectivity index (χ0v) is 10.5. The summed E-state index contributed by atoms with van der Waals surface area (Å²) in [5, 5.41) is 9.98. The first kappa shape index (κ1) is 12.7. The highest BCUT2D eigenvalue weighted by Gasteiger charge is 2.15. The van der Waals surface area contributed by atoms with Gasteiger partial charge in [-0.15, -0.1) is 11.3 Å². The van der Waals surface area contributed by atoms with Gasteiger partial charge < -0.3 is 5.11 Å². The van der Waals surface area contributed by atoms with E-state index in [4.69, 9.17) is 0 Å². The minimum Gasteiger partial charge on any atom is -0.388 e. The highest BCUT2D eigenvalue weighted by Crippen LogP contribution is 2.28. The Morgan fingerprint density at radius 1 is 1.47 bits per heavy atom. The molecule has 0 bridgehead atoms. The Morgan fingerprint density at radius 2 is 2.27 bits per heavy atom. The predicted octanol–water partition coefficient (Wildman–Crippen LogP) is 3.78. The zero-order valence-electron chi connectivity index (χ0n) is 9.65. The van der Waals surface area contributed by atoms with Gasteiger partial charge in [-0.3, -0.25) is 4.98 Å². The molecule has 3 heteroatoms. The largest absolute Gasteiger partial charge is 0.388 e. The third-order valence-electron chi connectivity index (χ3n) is 2.88. The lowest BCUT2D eigenvalue weighted by atomic mass is 9.93. The van der Waals surface area contributed by atoms with Crippen LogP contribution in [0.1, 0.15) is 56.9 Å². The fourth-order valence-electron chi connectivity index (χ4n) is 1.80. The molecule has 0 saturated carbocycles. The van der Waals surface area contributed by atoms with Crippen molar-refractivity contribution < 1.29 is 5.11 Å². The van der Waals surface area contributed by atoms with Crippen LogP contribution in [0.5, 0.6) is 0 Å². The van der Waals surface area contributed by atoms with E-state index in [1.165, 1.54) is 19.3 Å². The number of aliphatic hydroxyl groups excluding tert-OH is 1. The van der Waals surface area contributed by atoms with Crippen LogP contribution in [-0.2, 0) is 0 Å². The molecule has 0 spiro atoms. The Bertz CT molecular complexity index is 248. The van der Waals surface area contributed by atoms with Crippen LogP contribution in [0.25, 0.3) is 0 Å². The molecule has 0 aliphatic heterocycles. The number of aromatic nitrogens is 1. The van der Waals surface area contributed by atoms with E-state index in [-0.39, 0.29) is 6.10 Å². The summed E-state index contributed by atoms with van der Waals surface area (Å²) in [5.74, 6) is 0.655. The Kier molecular flexibility index (Phi) is 5.88. The molecule has 1 aromatic heterocycles. The van der Waals surface area contributed by atoms with E-state index >= 15 is 0 Å². The molecular weight excluding hydrogens is 206 g/mol. The third-order valence-corrected chi connectivity index (χ3v) is 3.76. The van der Waals surface area contributed by atoms with Gasteiger partial charge in [-0.2, -0.15) is 0 Å². The van der Waals surface area contributed by atoms with Crippen LogP contribution in [0.15, 0.2) is 11.7 Å². The summed E-state index contributed by atoms with van der Waals surface area (Å²) >= 11 is 1.55. The Labute approximate surface area is 96.4 Å². The average molecular weight is 227 g/mol. The van der Waals surface area contributed by atoms with Crippen molar-refractivity contribution in [1.82, 2.24) is 4.98 Å². The molecule has 0 saturated heterocycles. The Balaban J connectivity index is 2.37. The highest BCUT2D eigenvalue weighted by molar-refractivity contribution is 7.09. The van der Waals surface area contributed by atoms with Crippen LogP contribution >= 0.6 is 11.3 Å². The van der Waals surface area contributed by atoms with Gasteiger partial charge in [0, 0.05) is 6.20 Å². The summed E-state index contributed by atoms with van der Waals surface area (Å²) < 4.78 is 0. The van der Waals surface area contributed by atoms with Crippen molar-refractivity contribution >= 4 is 11.3 Å². The molecule has 0 radical (unpaired) electrons. The van der Waals surface area contributed by atoms with Crippen LogP contribution in [-0.4, -0.2) is 10.1 Å². The summed E-state index contributed by atoms with van der Waals surface area (Å²) in [5.41, 5.74) is 1.78. The molecule has 86 valence electrons. The van der Waals surface area contributed by atoms with Crippen molar-refractivity contribution in [2.24, 2.45) is 5.92 Å². The second kappa shape index (κ2) is 6.96. The number of nitrogens with zero attached hydrogens (tertiary/aromatic N) is 1. The molecule has 2 nitrogen and oxygen atoms in total. The molecular formula is C12H21NOS. The molecule has 2 unspecified atom stereocenters. The maximum Gasteiger partial charge on any atom is 0.0900 e. The molecule has 15 heavy (non-hydrogen) atoms. The van der Waals surface area contributed by atoms with E-state index in [9.17, 15) is 5.11 Å². The quantitative estimate of drug-likeness (QED) is 0.769. The molecule has 0 amide bonds. The summed E-state index contributed by atoms with van der Waals surface area (Å²) in [7, 11) is 0. The van der Waals surface area contributed by atoms with Crippen molar-refractivity contribution in [3.8, 4) is 0 Å². The van der Waals surface area contributed by atoms with Crippen molar-refractivity contribution in [2.75, 3.05) is 0 Å². The van der Waals surface area contributed by atoms with E-state index in [0.717, 1.165) is 17.7 Å². The van der Waals surface area contributed by atoms with Crippen LogP contribution < -0.4 is 0 Å². The minimum atomic E-state index is -0.306. The molecule has 1 heterocycles. The Hall–Kier alpha value is -0.410. The van der Waals surface area contributed by atoms with Gasteiger partial charge in [0.2, 0.25) is 0 Å². The van der Waals surface area contributed by atoms with Crippen molar-refractivity contribution in [2.45, 2.75) is 52.1 Å². The SMILES string of the molecule is CCCCC(CC)CC(O)c1cncs1. The highest BCUT2D eigenvalue weighted by atomic mass is 32.1. The fourth-order valence-corrected chi connectivity index (χ4v) is 2.42. The maximum atomic E-state index is 9.98. The van der Waals surface area contributed by atoms with E-state index in [2.05, 4.69) is 18.8 Å². The second-order valence-corrected chi connectivity index (χ2v) is 4.99. The topological polar surface area (TPSA) is 33.1 Å². The van der Waals surface area contributed by atoms with Gasteiger partial charge in [-0.25, -0.2) is 0 Å². The van der Waals surface area contributed by atoms with Gasteiger partial charge in [0.15, 0.2) is 0 Å². The van der Waals surface area contributed by atoms with Gasteiger partial charge in [-0.05, 0) is 12.3 Å². The van der Waals surface area contributed by atoms with Gasteiger partial charge in [0.05, 0.1) is 16.5 Å².